The zero-order valence-electron chi connectivity index (χ0n) is 26.2. The number of alkyl halides is 3. The topological polar surface area (TPSA) is 118 Å². The lowest BCUT2D eigenvalue weighted by molar-refractivity contribution is -0.141. The Hall–Kier alpha value is -5.17. The van der Waals surface area contributed by atoms with Crippen LogP contribution in [0.2, 0.25) is 0 Å². The Balaban J connectivity index is 1.60. The molecule has 13 heteroatoms. The van der Waals surface area contributed by atoms with E-state index in [1.165, 1.54) is 37.4 Å². The van der Waals surface area contributed by atoms with E-state index in [9.17, 15) is 32.7 Å². The van der Waals surface area contributed by atoms with Crippen molar-refractivity contribution in [3.8, 4) is 5.88 Å². The summed E-state index contributed by atoms with van der Waals surface area (Å²) in [6, 6.07) is 15.7. The zero-order chi connectivity index (χ0) is 34.3. The number of hydrogen-bond donors (Lipinski definition) is 1. The molecular weight excluding hydrogens is 619 g/mol. The van der Waals surface area contributed by atoms with E-state index in [0.717, 1.165) is 28.8 Å². The second-order valence-corrected chi connectivity index (χ2v) is 11.0. The Morgan fingerprint density at radius 3 is 2.34 bits per heavy atom. The average molecular weight is 654 g/mol. The highest BCUT2D eigenvalue weighted by Crippen LogP contribution is 2.50. The Labute approximate surface area is 269 Å². The molecule has 1 N–H and O–H groups in total. The third kappa shape index (κ3) is 8.55. The Bertz CT molecular complexity index is 1670. The van der Waals surface area contributed by atoms with Crippen molar-refractivity contribution in [2.24, 2.45) is 0 Å². The standard InChI is InChI=1S/C34H34F3N3O7/c1-21(2)46-32-31-26(16-17-38-32)40(22(3)29(33(43)44)30(31)24-12-8-9-13-25(24)34(35,36)37)47-28(42)15-14-27(41)45-19-18-39(4)20-23-10-6-5-7-11-23/h5-17,21,30H,18-20H2,1-4H3,(H,43,44)/b15-14+. The largest absolute Gasteiger partial charge is 0.478 e. The van der Waals surface area contributed by atoms with Gasteiger partial charge in [-0.3, -0.25) is 4.90 Å². The van der Waals surface area contributed by atoms with Gasteiger partial charge < -0.3 is 19.4 Å². The number of carboxylic acid groups (broad SMARTS) is 1. The van der Waals surface area contributed by atoms with Gasteiger partial charge >= 0.3 is 24.1 Å². The molecule has 0 aliphatic carbocycles. The molecule has 0 fully saturated rings. The molecule has 248 valence electrons. The van der Waals surface area contributed by atoms with Crippen LogP contribution in [-0.2, 0) is 36.7 Å². The van der Waals surface area contributed by atoms with Crippen LogP contribution < -0.4 is 9.80 Å². The van der Waals surface area contributed by atoms with Crippen LogP contribution in [0.1, 0.15) is 48.9 Å². The monoisotopic (exact) mass is 653 g/mol. The van der Waals surface area contributed by atoms with Crippen molar-refractivity contribution in [1.82, 2.24) is 9.88 Å². The van der Waals surface area contributed by atoms with Crippen molar-refractivity contribution >= 4 is 23.6 Å². The number of carbonyl (C=O) groups is 3. The van der Waals surface area contributed by atoms with Gasteiger partial charge in [-0.1, -0.05) is 48.5 Å². The smallest absolute Gasteiger partial charge is 0.416 e. The van der Waals surface area contributed by atoms with Crippen LogP contribution in [-0.4, -0.2) is 59.2 Å². The minimum Gasteiger partial charge on any atom is -0.478 e. The number of carboxylic acids is 1. The van der Waals surface area contributed by atoms with Crippen LogP contribution in [0.15, 0.2) is 90.3 Å². The summed E-state index contributed by atoms with van der Waals surface area (Å²) >= 11 is 0. The first-order valence-electron chi connectivity index (χ1n) is 14.6. The number of benzene rings is 2. The van der Waals surface area contributed by atoms with Gasteiger partial charge in [0.05, 0.1) is 40.1 Å². The molecule has 1 aromatic heterocycles. The summed E-state index contributed by atoms with van der Waals surface area (Å²) < 4.78 is 53.5. The fraction of sp³-hybridized carbons (Fsp3) is 0.294. The van der Waals surface area contributed by atoms with Crippen molar-refractivity contribution in [3.63, 3.8) is 0 Å². The van der Waals surface area contributed by atoms with E-state index in [0.29, 0.717) is 13.1 Å². The highest BCUT2D eigenvalue weighted by Gasteiger charge is 2.44. The number of hydrogen-bond acceptors (Lipinski definition) is 9. The fourth-order valence-electron chi connectivity index (χ4n) is 5.15. The van der Waals surface area contributed by atoms with Gasteiger partial charge in [-0.25, -0.2) is 19.4 Å². The van der Waals surface area contributed by atoms with Crippen LogP contribution in [0, 0.1) is 0 Å². The van der Waals surface area contributed by atoms with E-state index in [2.05, 4.69) is 4.98 Å². The van der Waals surface area contributed by atoms with E-state index in [1.54, 1.807) is 13.8 Å². The number of hydroxylamine groups is 1. The third-order valence-corrected chi connectivity index (χ3v) is 7.13. The molecule has 10 nitrogen and oxygen atoms in total. The van der Waals surface area contributed by atoms with Gasteiger partial charge in [0, 0.05) is 31.4 Å². The molecule has 47 heavy (non-hydrogen) atoms. The highest BCUT2D eigenvalue weighted by atomic mass is 19.4. The Kier molecular flexibility index (Phi) is 11.0. The number of allylic oxidation sites excluding steroid dienone is 1. The van der Waals surface area contributed by atoms with Gasteiger partial charge in [-0.2, -0.15) is 18.2 Å². The summed E-state index contributed by atoms with van der Waals surface area (Å²) in [6.45, 7) is 5.77. The van der Waals surface area contributed by atoms with E-state index in [-0.39, 0.29) is 35.0 Å². The normalized spacial score (nSPS) is 14.8. The minimum absolute atomic E-state index is 0.0332. The number of likely N-dealkylation sites (N-methyl/N-ethyl adjacent to an activating group) is 1. The maximum Gasteiger partial charge on any atom is 0.416 e. The van der Waals surface area contributed by atoms with Crippen molar-refractivity contribution in [2.75, 3.05) is 25.3 Å². The number of carbonyl (C=O) groups excluding carboxylic acids is 2. The Morgan fingerprint density at radius 1 is 1.02 bits per heavy atom. The van der Waals surface area contributed by atoms with E-state index < -0.39 is 47.2 Å². The molecule has 0 amide bonds. The van der Waals surface area contributed by atoms with Gasteiger partial charge in [0.1, 0.15) is 6.61 Å². The molecule has 0 saturated carbocycles. The molecule has 0 radical (unpaired) electrons. The lowest BCUT2D eigenvalue weighted by Crippen LogP contribution is -2.35. The van der Waals surface area contributed by atoms with Crippen molar-refractivity contribution in [2.45, 2.75) is 45.5 Å². The SMILES string of the molecule is CC1=C(C(=O)O)C(c2ccccc2C(F)(F)F)c2c(ccnc2OC(C)C)N1OC(=O)/C=C/C(=O)OCCN(C)Cc1ccccc1. The maximum absolute atomic E-state index is 14.2. The average Bonchev–Trinajstić information content (AvgIpc) is 3.00. The molecule has 0 spiro atoms. The zero-order valence-corrected chi connectivity index (χ0v) is 26.2. The first-order chi connectivity index (χ1) is 22.3. The van der Waals surface area contributed by atoms with Crippen LogP contribution in [0.5, 0.6) is 5.88 Å². The summed E-state index contributed by atoms with van der Waals surface area (Å²) in [4.78, 5) is 49.5. The van der Waals surface area contributed by atoms with Crippen molar-refractivity contribution in [1.29, 1.82) is 0 Å². The molecular formula is C34H34F3N3O7. The number of anilines is 1. The first kappa shape index (κ1) is 34.7. The predicted molar refractivity (Wildman–Crippen MR) is 165 cm³/mol. The molecule has 2 heterocycles. The van der Waals surface area contributed by atoms with Gasteiger partial charge in [0.25, 0.3) is 0 Å². The summed E-state index contributed by atoms with van der Waals surface area (Å²) in [5, 5.41) is 11.2. The molecule has 2 aromatic carbocycles. The number of aliphatic carboxylic acids is 1. The maximum atomic E-state index is 14.2. The van der Waals surface area contributed by atoms with Crippen molar-refractivity contribution < 1.29 is 47.0 Å². The van der Waals surface area contributed by atoms with Gasteiger partial charge in [-0.05, 0) is 51.1 Å². The molecule has 0 bridgehead atoms. The van der Waals surface area contributed by atoms with Crippen molar-refractivity contribution in [3.05, 3.63) is 113 Å². The van der Waals surface area contributed by atoms with E-state index in [4.69, 9.17) is 14.3 Å². The van der Waals surface area contributed by atoms with E-state index in [1.807, 2.05) is 42.3 Å². The third-order valence-electron chi connectivity index (χ3n) is 7.13. The van der Waals surface area contributed by atoms with Crippen LogP contribution in [0.3, 0.4) is 0 Å². The molecule has 1 aliphatic heterocycles. The number of pyridine rings is 1. The molecule has 1 atom stereocenters. The lowest BCUT2D eigenvalue weighted by Gasteiger charge is -2.36. The Morgan fingerprint density at radius 2 is 1.68 bits per heavy atom. The van der Waals surface area contributed by atoms with Crippen LogP contribution in [0.25, 0.3) is 0 Å². The van der Waals surface area contributed by atoms with Crippen LogP contribution in [0.4, 0.5) is 18.9 Å². The molecule has 3 aromatic rings. The number of halogens is 3. The number of aromatic nitrogens is 1. The minimum atomic E-state index is -4.81. The van der Waals surface area contributed by atoms with Gasteiger partial charge in [-0.15, -0.1) is 0 Å². The molecule has 1 aliphatic rings. The van der Waals surface area contributed by atoms with Gasteiger partial charge in [0.2, 0.25) is 5.88 Å². The lowest BCUT2D eigenvalue weighted by atomic mass is 9.79. The number of nitrogens with zero attached hydrogens (tertiary/aromatic N) is 3. The quantitative estimate of drug-likeness (QED) is 0.187. The fourth-order valence-corrected chi connectivity index (χ4v) is 5.15. The summed E-state index contributed by atoms with van der Waals surface area (Å²) in [6.07, 6.45) is -2.33. The number of esters is 1. The second kappa shape index (κ2) is 14.9. The summed E-state index contributed by atoms with van der Waals surface area (Å²) in [5.74, 6) is -5.07. The number of fused-ring (bicyclic) bond motifs is 1. The molecule has 1 unspecified atom stereocenters. The first-order valence-corrected chi connectivity index (χ1v) is 14.6. The summed E-state index contributed by atoms with van der Waals surface area (Å²) in [5.41, 5.74) is -0.968. The number of ether oxygens (including phenoxy) is 2. The molecule has 0 saturated heterocycles. The van der Waals surface area contributed by atoms with Gasteiger partial charge in [0.15, 0.2) is 0 Å². The summed E-state index contributed by atoms with van der Waals surface area (Å²) in [7, 11) is 1.87. The second-order valence-electron chi connectivity index (χ2n) is 11.0. The predicted octanol–water partition coefficient (Wildman–Crippen LogP) is 5.89. The van der Waals surface area contributed by atoms with E-state index >= 15 is 0 Å². The number of rotatable bonds is 12. The van der Waals surface area contributed by atoms with Crippen LogP contribution >= 0.6 is 0 Å². The molecule has 4 rings (SSSR count). The highest BCUT2D eigenvalue weighted by molar-refractivity contribution is 5.95.